The Bertz CT molecular complexity index is 1330. The van der Waals surface area contributed by atoms with Crippen LogP contribution in [0.1, 0.15) is 23.3 Å². The highest BCUT2D eigenvalue weighted by atomic mass is 35.5. The number of fused-ring (bicyclic) bond motifs is 1. The summed E-state index contributed by atoms with van der Waals surface area (Å²) < 4.78 is 5.62. The SMILES string of the molecule is CN1CCC(COC(=O)c2nc(-c3cc(Cl)c4[nH]ncc4c3)c(-c3ccccc3)nc2N)CC1. The molecule has 2 aromatic heterocycles. The predicted octanol–water partition coefficient (Wildman–Crippen LogP) is 4.42. The number of ether oxygens (including phenoxy) is 1. The lowest BCUT2D eigenvalue weighted by atomic mass is 9.98. The molecule has 34 heavy (non-hydrogen) atoms. The fourth-order valence-electron chi connectivity index (χ4n) is 4.24. The average molecular weight is 477 g/mol. The molecule has 0 bridgehead atoms. The second-order valence-corrected chi connectivity index (χ2v) is 9.07. The number of nitrogens with zero attached hydrogens (tertiary/aromatic N) is 4. The number of benzene rings is 2. The van der Waals surface area contributed by atoms with Crippen LogP contribution in [0.15, 0.2) is 48.7 Å². The first-order valence-electron chi connectivity index (χ1n) is 11.2. The van der Waals surface area contributed by atoms with Crippen LogP contribution in [0.4, 0.5) is 5.82 Å². The van der Waals surface area contributed by atoms with Gasteiger partial charge in [-0.3, -0.25) is 5.10 Å². The highest BCUT2D eigenvalue weighted by Gasteiger charge is 2.24. The molecule has 1 saturated heterocycles. The van der Waals surface area contributed by atoms with Crippen molar-refractivity contribution in [3.05, 3.63) is 59.4 Å². The van der Waals surface area contributed by atoms with Gasteiger partial charge in [0.15, 0.2) is 11.5 Å². The topological polar surface area (TPSA) is 110 Å². The number of piperidine rings is 1. The van der Waals surface area contributed by atoms with Gasteiger partial charge in [0.05, 0.1) is 34.7 Å². The highest BCUT2D eigenvalue weighted by molar-refractivity contribution is 6.35. The van der Waals surface area contributed by atoms with Gasteiger partial charge in [-0.1, -0.05) is 41.9 Å². The van der Waals surface area contributed by atoms with Crippen LogP contribution in [0, 0.1) is 5.92 Å². The minimum absolute atomic E-state index is 0.00558. The summed E-state index contributed by atoms with van der Waals surface area (Å²) in [4.78, 5) is 24.5. The van der Waals surface area contributed by atoms with Crippen molar-refractivity contribution in [3.8, 4) is 22.5 Å². The summed E-state index contributed by atoms with van der Waals surface area (Å²) in [5.41, 5.74) is 9.54. The number of H-pyrrole nitrogens is 1. The number of nitrogen functional groups attached to an aromatic ring is 1. The number of likely N-dealkylation sites (tertiary alicyclic amines) is 1. The van der Waals surface area contributed by atoms with Gasteiger partial charge in [0, 0.05) is 16.5 Å². The molecular weight excluding hydrogens is 452 g/mol. The minimum atomic E-state index is -0.569. The van der Waals surface area contributed by atoms with E-state index in [1.165, 1.54) is 0 Å². The number of halogens is 1. The van der Waals surface area contributed by atoms with Crippen LogP contribution >= 0.6 is 11.6 Å². The van der Waals surface area contributed by atoms with E-state index in [1.54, 1.807) is 12.3 Å². The molecule has 2 aromatic carbocycles. The van der Waals surface area contributed by atoms with E-state index < -0.39 is 5.97 Å². The molecule has 0 atom stereocenters. The van der Waals surface area contributed by atoms with Gasteiger partial charge in [0.2, 0.25) is 0 Å². The molecule has 0 spiro atoms. The Hall–Kier alpha value is -3.49. The Kier molecular flexibility index (Phi) is 6.17. The van der Waals surface area contributed by atoms with Crippen LogP contribution in [0.2, 0.25) is 5.02 Å². The van der Waals surface area contributed by atoms with Gasteiger partial charge in [0.25, 0.3) is 0 Å². The summed E-state index contributed by atoms with van der Waals surface area (Å²) in [6, 6.07) is 13.3. The molecular formula is C25H25ClN6O2. The Balaban J connectivity index is 1.53. The molecule has 0 amide bonds. The van der Waals surface area contributed by atoms with Crippen LogP contribution < -0.4 is 5.73 Å². The van der Waals surface area contributed by atoms with Crippen LogP contribution in [0.25, 0.3) is 33.4 Å². The number of anilines is 1. The number of carbonyl (C=O) groups is 1. The van der Waals surface area contributed by atoms with Gasteiger partial charge in [-0.25, -0.2) is 14.8 Å². The fraction of sp³-hybridized carbons (Fsp3) is 0.280. The number of carbonyl (C=O) groups excluding carboxylic acids is 1. The Morgan fingerprint density at radius 2 is 1.88 bits per heavy atom. The molecule has 9 heteroatoms. The van der Waals surface area contributed by atoms with Crippen LogP contribution in [-0.4, -0.2) is 57.8 Å². The van der Waals surface area contributed by atoms with E-state index >= 15 is 0 Å². The number of nitrogens with two attached hydrogens (primary N) is 1. The predicted molar refractivity (Wildman–Crippen MR) is 132 cm³/mol. The van der Waals surface area contributed by atoms with Crippen molar-refractivity contribution >= 4 is 34.3 Å². The summed E-state index contributed by atoms with van der Waals surface area (Å²) in [5, 5.41) is 8.28. The van der Waals surface area contributed by atoms with Crippen molar-refractivity contribution in [2.45, 2.75) is 12.8 Å². The lowest BCUT2D eigenvalue weighted by molar-refractivity contribution is 0.0378. The van der Waals surface area contributed by atoms with Crippen LogP contribution in [-0.2, 0) is 4.74 Å². The van der Waals surface area contributed by atoms with Gasteiger partial charge in [-0.2, -0.15) is 5.10 Å². The van der Waals surface area contributed by atoms with Gasteiger partial charge in [-0.05, 0) is 51.0 Å². The number of aromatic amines is 1. The zero-order valence-electron chi connectivity index (χ0n) is 18.8. The number of hydrogen-bond acceptors (Lipinski definition) is 7. The van der Waals surface area contributed by atoms with E-state index in [9.17, 15) is 4.79 Å². The average Bonchev–Trinajstić information content (AvgIpc) is 3.33. The molecule has 1 aliphatic heterocycles. The molecule has 1 fully saturated rings. The Morgan fingerprint density at radius 3 is 2.65 bits per heavy atom. The monoisotopic (exact) mass is 476 g/mol. The number of hydrogen-bond donors (Lipinski definition) is 2. The quantitative estimate of drug-likeness (QED) is 0.410. The second kappa shape index (κ2) is 9.40. The largest absolute Gasteiger partial charge is 0.461 e. The fourth-order valence-corrected chi connectivity index (χ4v) is 4.51. The van der Waals surface area contributed by atoms with E-state index in [0.29, 0.717) is 34.5 Å². The maximum absolute atomic E-state index is 13.0. The third-order valence-electron chi connectivity index (χ3n) is 6.23. The Morgan fingerprint density at radius 1 is 1.15 bits per heavy atom. The molecule has 0 saturated carbocycles. The maximum atomic E-state index is 13.0. The first-order valence-corrected chi connectivity index (χ1v) is 11.6. The number of aromatic nitrogens is 4. The smallest absolute Gasteiger partial charge is 0.360 e. The zero-order chi connectivity index (χ0) is 23.7. The van der Waals surface area contributed by atoms with Gasteiger partial charge < -0.3 is 15.4 Å². The summed E-state index contributed by atoms with van der Waals surface area (Å²) in [7, 11) is 2.10. The van der Waals surface area contributed by atoms with Gasteiger partial charge in [-0.15, -0.1) is 0 Å². The molecule has 0 radical (unpaired) electrons. The van der Waals surface area contributed by atoms with Crippen LogP contribution in [0.5, 0.6) is 0 Å². The first kappa shape index (κ1) is 22.3. The van der Waals surface area contributed by atoms with E-state index in [1.807, 2.05) is 36.4 Å². The maximum Gasteiger partial charge on any atom is 0.360 e. The third kappa shape index (κ3) is 4.47. The number of esters is 1. The van der Waals surface area contributed by atoms with E-state index in [0.717, 1.165) is 42.4 Å². The molecule has 0 aliphatic carbocycles. The summed E-state index contributed by atoms with van der Waals surface area (Å²) in [6.45, 7) is 2.34. The molecule has 3 N–H and O–H groups in total. The summed E-state index contributed by atoms with van der Waals surface area (Å²) >= 11 is 6.49. The molecule has 1 aliphatic rings. The third-order valence-corrected chi connectivity index (χ3v) is 6.52. The summed E-state index contributed by atoms with van der Waals surface area (Å²) in [6.07, 6.45) is 3.67. The Labute approximate surface area is 202 Å². The van der Waals surface area contributed by atoms with E-state index in [2.05, 4.69) is 32.1 Å². The van der Waals surface area contributed by atoms with Crippen molar-refractivity contribution in [2.24, 2.45) is 5.92 Å². The highest BCUT2D eigenvalue weighted by Crippen LogP contribution is 2.35. The van der Waals surface area contributed by atoms with Crippen molar-refractivity contribution < 1.29 is 9.53 Å². The summed E-state index contributed by atoms with van der Waals surface area (Å²) in [5.74, 6) is -0.202. The van der Waals surface area contributed by atoms with Crippen LogP contribution in [0.3, 0.4) is 0 Å². The van der Waals surface area contributed by atoms with Gasteiger partial charge in [0.1, 0.15) is 0 Å². The standard InChI is InChI=1S/C25H25ClN6O2/c1-32-9-7-15(8-10-32)14-34-25(33)23-24(27)30-21(16-5-3-2-4-6-16)22(29-23)17-11-18-13-28-31-20(18)19(26)12-17/h2-6,11-13,15H,7-10,14H2,1H3,(H2,27,30)(H,28,31). The van der Waals surface area contributed by atoms with Crippen molar-refractivity contribution in [1.82, 2.24) is 25.1 Å². The molecule has 8 nitrogen and oxygen atoms in total. The lowest BCUT2D eigenvalue weighted by Gasteiger charge is -2.28. The molecule has 174 valence electrons. The van der Waals surface area contributed by atoms with Crippen molar-refractivity contribution in [2.75, 3.05) is 32.5 Å². The lowest BCUT2D eigenvalue weighted by Crippen LogP contribution is -2.32. The molecule has 0 unspecified atom stereocenters. The van der Waals surface area contributed by atoms with E-state index in [4.69, 9.17) is 22.1 Å². The van der Waals surface area contributed by atoms with Gasteiger partial charge >= 0.3 is 5.97 Å². The van der Waals surface area contributed by atoms with Crippen molar-refractivity contribution in [1.29, 1.82) is 0 Å². The number of nitrogens with one attached hydrogen (secondary N) is 1. The molecule has 3 heterocycles. The second-order valence-electron chi connectivity index (χ2n) is 8.66. The normalized spacial score (nSPS) is 15.0. The van der Waals surface area contributed by atoms with E-state index in [-0.39, 0.29) is 11.5 Å². The molecule has 4 aromatic rings. The first-order chi connectivity index (χ1) is 16.5. The molecule has 5 rings (SSSR count). The number of rotatable bonds is 5. The zero-order valence-corrected chi connectivity index (χ0v) is 19.5. The van der Waals surface area contributed by atoms with Crippen molar-refractivity contribution in [3.63, 3.8) is 0 Å². The minimum Gasteiger partial charge on any atom is -0.461 e.